The Labute approximate surface area is 166 Å². The van der Waals surface area contributed by atoms with Crippen molar-refractivity contribution in [3.63, 3.8) is 0 Å². The Hall–Kier alpha value is -2.67. The summed E-state index contributed by atoms with van der Waals surface area (Å²) in [6.07, 6.45) is 0.387. The maximum atomic E-state index is 14.2. The number of halogens is 1. The highest BCUT2D eigenvalue weighted by molar-refractivity contribution is 8.01. The van der Waals surface area contributed by atoms with Crippen molar-refractivity contribution in [1.82, 2.24) is 4.90 Å². The van der Waals surface area contributed by atoms with Gasteiger partial charge in [-0.3, -0.25) is 19.3 Å². The Kier molecular flexibility index (Phi) is 5.56. The molecule has 1 aliphatic rings. The van der Waals surface area contributed by atoms with Crippen LogP contribution >= 0.6 is 11.8 Å². The Morgan fingerprint density at radius 3 is 2.29 bits per heavy atom. The lowest BCUT2D eigenvalue weighted by atomic mass is 10.1. The fraction of sp³-hybridized carbons (Fsp3) is 0.286. The first-order valence-electron chi connectivity index (χ1n) is 8.75. The fourth-order valence-electron chi connectivity index (χ4n) is 3.03. The Bertz CT molecular complexity index is 922. The van der Waals surface area contributed by atoms with E-state index in [-0.39, 0.29) is 18.4 Å². The first-order valence-corrected chi connectivity index (χ1v) is 9.57. The summed E-state index contributed by atoms with van der Waals surface area (Å²) < 4.78 is 18.0. The summed E-state index contributed by atoms with van der Waals surface area (Å²) in [5.41, 5.74) is 1.58. The van der Waals surface area contributed by atoms with E-state index in [4.69, 9.17) is 4.74 Å². The standard InChI is InChI=1S/C21H20FNO4S/c1-21(2,20(26)27-3)28-17-12-13(8-9-16(17)22)10-11-23-18(24)14-6-4-5-7-15(14)19(23)25/h4-9,12H,10-11H2,1-3H3. The van der Waals surface area contributed by atoms with Gasteiger partial charge in [0, 0.05) is 11.4 Å². The van der Waals surface area contributed by atoms with Crippen LogP contribution in [-0.4, -0.2) is 41.1 Å². The summed E-state index contributed by atoms with van der Waals surface area (Å²) >= 11 is 1.07. The number of nitrogens with zero attached hydrogens (tertiary/aromatic N) is 1. The van der Waals surface area contributed by atoms with Crippen molar-refractivity contribution >= 4 is 29.5 Å². The molecular weight excluding hydrogens is 381 g/mol. The molecule has 0 aromatic heterocycles. The highest BCUT2D eigenvalue weighted by Gasteiger charge is 2.35. The molecule has 0 N–H and O–H groups in total. The van der Waals surface area contributed by atoms with Gasteiger partial charge in [0.15, 0.2) is 0 Å². The lowest BCUT2D eigenvalue weighted by Gasteiger charge is -2.21. The number of benzene rings is 2. The van der Waals surface area contributed by atoms with Crippen LogP contribution in [-0.2, 0) is 16.0 Å². The normalized spacial score (nSPS) is 13.6. The molecule has 0 aliphatic carbocycles. The third-order valence-corrected chi connectivity index (χ3v) is 5.75. The van der Waals surface area contributed by atoms with E-state index >= 15 is 0 Å². The van der Waals surface area contributed by atoms with Crippen LogP contribution in [0.25, 0.3) is 0 Å². The monoisotopic (exact) mass is 401 g/mol. The number of fused-ring (bicyclic) bond motifs is 1. The lowest BCUT2D eigenvalue weighted by molar-refractivity contribution is -0.142. The molecule has 0 radical (unpaired) electrons. The summed E-state index contributed by atoms with van der Waals surface area (Å²) in [5.74, 6) is -1.52. The highest BCUT2D eigenvalue weighted by Crippen LogP contribution is 2.35. The van der Waals surface area contributed by atoms with Crippen LogP contribution in [0.4, 0.5) is 4.39 Å². The molecule has 0 saturated heterocycles. The van der Waals surface area contributed by atoms with Crippen LogP contribution < -0.4 is 0 Å². The first-order chi connectivity index (χ1) is 13.2. The molecule has 0 atom stereocenters. The zero-order valence-corrected chi connectivity index (χ0v) is 16.6. The number of amides is 2. The van der Waals surface area contributed by atoms with Crippen molar-refractivity contribution in [1.29, 1.82) is 0 Å². The molecule has 7 heteroatoms. The largest absolute Gasteiger partial charge is 0.468 e. The van der Waals surface area contributed by atoms with Gasteiger partial charge in [0.2, 0.25) is 0 Å². The number of methoxy groups -OCH3 is 1. The molecule has 0 spiro atoms. The second-order valence-corrected chi connectivity index (χ2v) is 8.59. The Morgan fingerprint density at radius 1 is 1.11 bits per heavy atom. The third-order valence-electron chi connectivity index (χ3n) is 4.54. The zero-order valence-electron chi connectivity index (χ0n) is 15.8. The minimum absolute atomic E-state index is 0.197. The quantitative estimate of drug-likeness (QED) is 0.420. The van der Waals surface area contributed by atoms with E-state index in [9.17, 15) is 18.8 Å². The molecule has 2 amide bonds. The highest BCUT2D eigenvalue weighted by atomic mass is 32.2. The van der Waals surface area contributed by atoms with Crippen molar-refractivity contribution in [3.05, 3.63) is 65.0 Å². The van der Waals surface area contributed by atoms with Gasteiger partial charge < -0.3 is 4.74 Å². The number of esters is 1. The molecule has 0 fully saturated rings. The van der Waals surface area contributed by atoms with Gasteiger partial charge >= 0.3 is 5.97 Å². The molecule has 1 heterocycles. The molecule has 1 aliphatic heterocycles. The van der Waals surface area contributed by atoms with E-state index in [0.717, 1.165) is 17.3 Å². The maximum Gasteiger partial charge on any atom is 0.321 e. The summed E-state index contributed by atoms with van der Waals surface area (Å²) in [5, 5.41) is 0. The average Bonchev–Trinajstić information content (AvgIpc) is 2.92. The molecule has 0 saturated carbocycles. The number of rotatable bonds is 6. The number of hydrogen-bond acceptors (Lipinski definition) is 5. The fourth-order valence-corrected chi connectivity index (χ4v) is 4.12. The number of thioether (sulfide) groups is 1. The lowest BCUT2D eigenvalue weighted by Crippen LogP contribution is -2.31. The van der Waals surface area contributed by atoms with Gasteiger partial charge in [-0.1, -0.05) is 18.2 Å². The van der Waals surface area contributed by atoms with E-state index in [1.165, 1.54) is 18.1 Å². The SMILES string of the molecule is COC(=O)C(C)(C)Sc1cc(CCN2C(=O)c3ccccc3C2=O)ccc1F. The number of carbonyl (C=O) groups is 3. The summed E-state index contributed by atoms with van der Waals surface area (Å²) in [4.78, 5) is 38.3. The molecule has 146 valence electrons. The Balaban J connectivity index is 1.73. The predicted octanol–water partition coefficient (Wildman–Crippen LogP) is 3.71. The van der Waals surface area contributed by atoms with Crippen LogP contribution in [0.3, 0.4) is 0 Å². The zero-order chi connectivity index (χ0) is 20.5. The van der Waals surface area contributed by atoms with Gasteiger partial charge in [0.05, 0.1) is 18.2 Å². The summed E-state index contributed by atoms with van der Waals surface area (Å²) in [6.45, 7) is 3.52. The van der Waals surface area contributed by atoms with E-state index < -0.39 is 16.5 Å². The molecule has 3 rings (SSSR count). The number of ether oxygens (including phenoxy) is 1. The van der Waals surface area contributed by atoms with Crippen LogP contribution in [0.5, 0.6) is 0 Å². The molecule has 2 aromatic rings. The van der Waals surface area contributed by atoms with Crippen molar-refractivity contribution in [2.24, 2.45) is 0 Å². The van der Waals surface area contributed by atoms with E-state index in [0.29, 0.717) is 22.4 Å². The molecule has 2 aromatic carbocycles. The van der Waals surface area contributed by atoms with Crippen molar-refractivity contribution in [2.45, 2.75) is 29.9 Å². The van der Waals surface area contributed by atoms with Crippen LogP contribution in [0, 0.1) is 5.82 Å². The predicted molar refractivity (Wildman–Crippen MR) is 104 cm³/mol. The number of carbonyl (C=O) groups excluding carboxylic acids is 3. The van der Waals surface area contributed by atoms with Gasteiger partial charge in [0.25, 0.3) is 11.8 Å². The first kappa shape index (κ1) is 20.1. The van der Waals surface area contributed by atoms with Crippen LogP contribution in [0.15, 0.2) is 47.4 Å². The topological polar surface area (TPSA) is 63.7 Å². The van der Waals surface area contributed by atoms with Gasteiger partial charge in [-0.25, -0.2) is 4.39 Å². The average molecular weight is 401 g/mol. The van der Waals surface area contributed by atoms with Crippen molar-refractivity contribution in [2.75, 3.05) is 13.7 Å². The minimum atomic E-state index is -0.948. The Morgan fingerprint density at radius 2 is 1.71 bits per heavy atom. The second kappa shape index (κ2) is 7.75. The van der Waals surface area contributed by atoms with Gasteiger partial charge in [-0.05, 0) is 50.1 Å². The summed E-state index contributed by atoms with van der Waals surface area (Å²) in [6, 6.07) is 11.3. The van der Waals surface area contributed by atoms with Crippen LogP contribution in [0.1, 0.15) is 40.1 Å². The number of imide groups is 1. The van der Waals surface area contributed by atoms with E-state index in [2.05, 4.69) is 0 Å². The number of hydrogen-bond donors (Lipinski definition) is 0. The maximum absolute atomic E-state index is 14.2. The van der Waals surface area contributed by atoms with E-state index in [1.807, 2.05) is 0 Å². The molecule has 0 bridgehead atoms. The van der Waals surface area contributed by atoms with E-state index in [1.54, 1.807) is 50.2 Å². The smallest absolute Gasteiger partial charge is 0.321 e. The molecule has 5 nitrogen and oxygen atoms in total. The molecule has 28 heavy (non-hydrogen) atoms. The third kappa shape index (κ3) is 3.80. The van der Waals surface area contributed by atoms with Gasteiger partial charge in [0.1, 0.15) is 10.6 Å². The van der Waals surface area contributed by atoms with Crippen LogP contribution in [0.2, 0.25) is 0 Å². The van der Waals surface area contributed by atoms with Gasteiger partial charge in [-0.15, -0.1) is 11.8 Å². The molecular formula is C21H20FNO4S. The molecule has 0 unspecified atom stereocenters. The van der Waals surface area contributed by atoms with Gasteiger partial charge in [-0.2, -0.15) is 0 Å². The van der Waals surface area contributed by atoms with Crippen molar-refractivity contribution in [3.8, 4) is 0 Å². The summed E-state index contributed by atoms with van der Waals surface area (Å²) in [7, 11) is 1.29. The second-order valence-electron chi connectivity index (χ2n) is 6.93. The minimum Gasteiger partial charge on any atom is -0.468 e. The van der Waals surface area contributed by atoms with Crippen molar-refractivity contribution < 1.29 is 23.5 Å².